The van der Waals surface area contributed by atoms with E-state index in [4.69, 9.17) is 9.72 Å². The van der Waals surface area contributed by atoms with Gasteiger partial charge in [0.15, 0.2) is 0 Å². The van der Waals surface area contributed by atoms with Gasteiger partial charge in [-0.25, -0.2) is 9.78 Å². The third-order valence-electron chi connectivity index (χ3n) is 5.13. The molecule has 0 fully saturated rings. The first kappa shape index (κ1) is 19.6. The zero-order valence-electron chi connectivity index (χ0n) is 16.8. The number of anilines is 1. The Labute approximate surface area is 173 Å². The van der Waals surface area contributed by atoms with Gasteiger partial charge in [0.1, 0.15) is 0 Å². The number of nitro benzene ring substituents is 1. The summed E-state index contributed by atoms with van der Waals surface area (Å²) in [6, 6.07) is 13.5. The number of hydrogen-bond acceptors (Lipinski definition) is 6. The van der Waals surface area contributed by atoms with Gasteiger partial charge < -0.3 is 10.1 Å². The number of non-ortho nitro benzene ring substituents is 1. The van der Waals surface area contributed by atoms with Crippen molar-refractivity contribution in [2.24, 2.45) is 0 Å². The highest BCUT2D eigenvalue weighted by Crippen LogP contribution is 2.40. The predicted octanol–water partition coefficient (Wildman–Crippen LogP) is 4.58. The molecule has 0 radical (unpaired) electrons. The first-order chi connectivity index (χ1) is 14.5. The van der Waals surface area contributed by atoms with Gasteiger partial charge in [0, 0.05) is 17.8 Å². The Morgan fingerprint density at radius 3 is 2.60 bits per heavy atom. The lowest BCUT2D eigenvalue weighted by Gasteiger charge is -2.31. The van der Waals surface area contributed by atoms with E-state index in [1.807, 2.05) is 35.8 Å². The van der Waals surface area contributed by atoms with E-state index in [1.165, 1.54) is 12.1 Å². The maximum atomic E-state index is 13.0. The Hall–Kier alpha value is -3.68. The van der Waals surface area contributed by atoms with Crippen LogP contribution in [0.1, 0.15) is 38.3 Å². The molecule has 8 heteroatoms. The number of nitro groups is 1. The van der Waals surface area contributed by atoms with Gasteiger partial charge in [0.05, 0.1) is 34.2 Å². The highest BCUT2D eigenvalue weighted by molar-refractivity contribution is 5.94. The van der Waals surface area contributed by atoms with Crippen LogP contribution in [-0.4, -0.2) is 27.1 Å². The molecule has 0 amide bonds. The second-order valence-electron chi connectivity index (χ2n) is 7.03. The molecule has 2 heterocycles. The molecule has 0 saturated heterocycles. The van der Waals surface area contributed by atoms with E-state index in [2.05, 4.69) is 5.32 Å². The first-order valence-corrected chi connectivity index (χ1v) is 9.93. The topological polar surface area (TPSA) is 99.3 Å². The molecule has 0 saturated carbocycles. The Balaban J connectivity index is 1.96. The Morgan fingerprint density at radius 2 is 1.93 bits per heavy atom. The molecular formula is C22H22N4O4. The minimum atomic E-state index is -0.505. The van der Waals surface area contributed by atoms with E-state index in [0.29, 0.717) is 17.9 Å². The van der Waals surface area contributed by atoms with Crippen LogP contribution in [0.5, 0.6) is 0 Å². The fourth-order valence-electron chi connectivity index (χ4n) is 3.88. The zero-order valence-corrected chi connectivity index (χ0v) is 16.8. The van der Waals surface area contributed by atoms with E-state index < -0.39 is 16.9 Å². The monoisotopic (exact) mass is 406 g/mol. The van der Waals surface area contributed by atoms with Gasteiger partial charge in [-0.2, -0.15) is 0 Å². The van der Waals surface area contributed by atoms with Crippen molar-refractivity contribution < 1.29 is 14.5 Å². The number of benzene rings is 2. The van der Waals surface area contributed by atoms with E-state index >= 15 is 0 Å². The van der Waals surface area contributed by atoms with Gasteiger partial charge in [0.2, 0.25) is 5.95 Å². The van der Waals surface area contributed by atoms with Crippen LogP contribution in [0.15, 0.2) is 59.8 Å². The van der Waals surface area contributed by atoms with Gasteiger partial charge in [-0.05, 0) is 43.2 Å². The third-order valence-corrected chi connectivity index (χ3v) is 5.13. The molecule has 2 aromatic carbocycles. The van der Waals surface area contributed by atoms with E-state index in [9.17, 15) is 14.9 Å². The van der Waals surface area contributed by atoms with Crippen molar-refractivity contribution in [1.29, 1.82) is 0 Å². The number of carbonyl (C=O) groups excluding carboxylic acids is 1. The maximum absolute atomic E-state index is 13.0. The number of para-hydroxylation sites is 2. The van der Waals surface area contributed by atoms with Crippen LogP contribution in [0.25, 0.3) is 11.0 Å². The molecule has 0 spiro atoms. The average molecular weight is 406 g/mol. The van der Waals surface area contributed by atoms with E-state index in [-0.39, 0.29) is 12.3 Å². The maximum Gasteiger partial charge on any atom is 0.338 e. The number of nitrogens with one attached hydrogen (secondary N) is 1. The molecule has 1 aliphatic rings. The number of fused-ring (bicyclic) bond motifs is 3. The molecule has 0 aliphatic carbocycles. The van der Waals surface area contributed by atoms with E-state index in [0.717, 1.165) is 28.7 Å². The number of aromatic nitrogens is 2. The van der Waals surface area contributed by atoms with Crippen LogP contribution in [0.4, 0.5) is 11.6 Å². The van der Waals surface area contributed by atoms with Gasteiger partial charge in [-0.15, -0.1) is 0 Å². The number of rotatable bonds is 6. The summed E-state index contributed by atoms with van der Waals surface area (Å²) < 4.78 is 7.36. The Bertz CT molecular complexity index is 1150. The fraction of sp³-hybridized carbons (Fsp3) is 0.273. The summed E-state index contributed by atoms with van der Waals surface area (Å²) >= 11 is 0. The normalized spacial score (nSPS) is 15.6. The molecule has 1 aromatic heterocycles. The Morgan fingerprint density at radius 1 is 1.20 bits per heavy atom. The first-order valence-electron chi connectivity index (χ1n) is 9.93. The quantitative estimate of drug-likeness (QED) is 0.365. The van der Waals surface area contributed by atoms with Crippen molar-refractivity contribution in [2.75, 3.05) is 11.9 Å². The van der Waals surface area contributed by atoms with Crippen molar-refractivity contribution in [3.63, 3.8) is 0 Å². The number of carbonyl (C=O) groups is 1. The largest absolute Gasteiger partial charge is 0.463 e. The molecule has 3 aromatic rings. The minimum absolute atomic E-state index is 0.00107. The van der Waals surface area contributed by atoms with Crippen LogP contribution in [0, 0.1) is 10.1 Å². The van der Waals surface area contributed by atoms with Gasteiger partial charge in [-0.3, -0.25) is 14.7 Å². The molecule has 4 rings (SSSR count). The van der Waals surface area contributed by atoms with Crippen LogP contribution in [0.3, 0.4) is 0 Å². The molecule has 30 heavy (non-hydrogen) atoms. The summed E-state index contributed by atoms with van der Waals surface area (Å²) in [5.74, 6) is 0.233. The number of allylic oxidation sites excluding steroid dienone is 1. The lowest BCUT2D eigenvalue weighted by Crippen LogP contribution is -2.29. The Kier molecular flexibility index (Phi) is 5.22. The summed E-state index contributed by atoms with van der Waals surface area (Å²) in [6.45, 7) is 4.06. The molecule has 0 unspecified atom stereocenters. The SMILES string of the molecule is CCCC1=C(C(=O)OCC)[C@H](c2ccc([N+](=O)[O-])cc2)n2c(nc3ccccc32)N1. The van der Waals surface area contributed by atoms with Crippen LogP contribution in [-0.2, 0) is 9.53 Å². The third kappa shape index (κ3) is 3.30. The highest BCUT2D eigenvalue weighted by Gasteiger charge is 2.36. The van der Waals surface area contributed by atoms with Gasteiger partial charge in [-0.1, -0.05) is 25.5 Å². The van der Waals surface area contributed by atoms with Crippen molar-refractivity contribution in [1.82, 2.24) is 9.55 Å². The van der Waals surface area contributed by atoms with Crippen LogP contribution >= 0.6 is 0 Å². The molecule has 1 aliphatic heterocycles. The summed E-state index contributed by atoms with van der Waals surface area (Å²) in [4.78, 5) is 28.4. The summed E-state index contributed by atoms with van der Waals surface area (Å²) in [7, 11) is 0. The number of esters is 1. The van der Waals surface area contributed by atoms with Crippen LogP contribution in [0.2, 0.25) is 0 Å². The molecule has 8 nitrogen and oxygen atoms in total. The predicted molar refractivity (Wildman–Crippen MR) is 113 cm³/mol. The molecule has 1 N–H and O–H groups in total. The molecule has 154 valence electrons. The zero-order chi connectivity index (χ0) is 21.3. The summed E-state index contributed by atoms with van der Waals surface area (Å²) in [6.07, 6.45) is 1.49. The lowest BCUT2D eigenvalue weighted by molar-refractivity contribution is -0.384. The number of nitrogens with zero attached hydrogens (tertiary/aromatic N) is 3. The van der Waals surface area contributed by atoms with Gasteiger partial charge >= 0.3 is 5.97 Å². The van der Waals surface area contributed by atoms with Gasteiger partial charge in [0.25, 0.3) is 5.69 Å². The van der Waals surface area contributed by atoms with Crippen LogP contribution < -0.4 is 5.32 Å². The van der Waals surface area contributed by atoms with Crippen molar-refractivity contribution in [3.8, 4) is 0 Å². The minimum Gasteiger partial charge on any atom is -0.463 e. The second kappa shape index (κ2) is 7.98. The number of ether oxygens (including phenoxy) is 1. The van der Waals surface area contributed by atoms with Crippen molar-refractivity contribution >= 4 is 28.6 Å². The van der Waals surface area contributed by atoms with Crippen molar-refractivity contribution in [3.05, 3.63) is 75.5 Å². The smallest absolute Gasteiger partial charge is 0.338 e. The molecule has 1 atom stereocenters. The summed E-state index contributed by atoms with van der Waals surface area (Å²) in [5.41, 5.74) is 3.68. The van der Waals surface area contributed by atoms with Crippen molar-refractivity contribution in [2.45, 2.75) is 32.7 Å². The second-order valence-corrected chi connectivity index (χ2v) is 7.03. The number of imidazole rings is 1. The molecular weight excluding hydrogens is 384 g/mol. The average Bonchev–Trinajstić information content (AvgIpc) is 3.11. The highest BCUT2D eigenvalue weighted by atomic mass is 16.6. The molecule has 0 bridgehead atoms. The van der Waals surface area contributed by atoms with E-state index in [1.54, 1.807) is 19.1 Å². The lowest BCUT2D eigenvalue weighted by atomic mass is 9.93. The summed E-state index contributed by atoms with van der Waals surface area (Å²) in [5, 5.41) is 14.4. The standard InChI is InChI=1S/C22H22N4O4/c1-3-7-17-19(21(27)30-4-2)20(14-10-12-15(13-11-14)26(28)29)25-18-9-6-5-8-16(18)23-22(25)24-17/h5-6,8-13,20H,3-4,7H2,1-2H3,(H,23,24)/t20-/m0/s1. The number of hydrogen-bond donors (Lipinski definition) is 1. The fourth-order valence-corrected chi connectivity index (χ4v) is 3.88.